The minimum absolute atomic E-state index is 0.0570. The van der Waals surface area contributed by atoms with E-state index in [9.17, 15) is 14.3 Å². The fourth-order valence-corrected chi connectivity index (χ4v) is 2.21. The first-order valence-corrected chi connectivity index (χ1v) is 6.60. The van der Waals surface area contributed by atoms with Crippen molar-refractivity contribution < 1.29 is 19.0 Å². The molecular weight excluding hydrogens is 261 g/mol. The standard InChI is InChI=1S/C15H22FNO3/c1-10(2)8-15(3,19)9-17-14(18)13-11(16)6-5-7-12(13)20-4/h5-7,10,19H,8-9H2,1-4H3,(H,17,18). The van der Waals surface area contributed by atoms with Crippen LogP contribution >= 0.6 is 0 Å². The minimum Gasteiger partial charge on any atom is -0.496 e. The predicted octanol–water partition coefficient (Wildman–Crippen LogP) is 2.36. The summed E-state index contributed by atoms with van der Waals surface area (Å²) in [4.78, 5) is 12.0. The van der Waals surface area contributed by atoms with Gasteiger partial charge in [-0.1, -0.05) is 19.9 Å². The van der Waals surface area contributed by atoms with Crippen LogP contribution in [0, 0.1) is 11.7 Å². The van der Waals surface area contributed by atoms with Crippen molar-refractivity contribution in [1.82, 2.24) is 5.32 Å². The van der Waals surface area contributed by atoms with E-state index in [0.29, 0.717) is 12.3 Å². The first kappa shape index (κ1) is 16.4. The van der Waals surface area contributed by atoms with Gasteiger partial charge in [0.2, 0.25) is 0 Å². The smallest absolute Gasteiger partial charge is 0.258 e. The van der Waals surface area contributed by atoms with Crippen LogP contribution in [-0.4, -0.2) is 30.3 Å². The Bertz CT molecular complexity index is 472. The average Bonchev–Trinajstić information content (AvgIpc) is 2.34. The van der Waals surface area contributed by atoms with E-state index >= 15 is 0 Å². The lowest BCUT2D eigenvalue weighted by atomic mass is 9.94. The molecule has 2 N–H and O–H groups in total. The molecule has 0 aliphatic carbocycles. The molecule has 1 atom stereocenters. The predicted molar refractivity (Wildman–Crippen MR) is 75.4 cm³/mol. The maximum absolute atomic E-state index is 13.7. The second-order valence-corrected chi connectivity index (χ2v) is 5.59. The first-order valence-electron chi connectivity index (χ1n) is 6.60. The molecular formula is C15H22FNO3. The van der Waals surface area contributed by atoms with Crippen LogP contribution in [-0.2, 0) is 0 Å². The highest BCUT2D eigenvalue weighted by molar-refractivity contribution is 5.97. The number of aliphatic hydroxyl groups is 1. The number of hydrogen-bond acceptors (Lipinski definition) is 3. The summed E-state index contributed by atoms with van der Waals surface area (Å²) < 4.78 is 18.7. The SMILES string of the molecule is COc1cccc(F)c1C(=O)NCC(C)(O)CC(C)C. The average molecular weight is 283 g/mol. The monoisotopic (exact) mass is 283 g/mol. The van der Waals surface area contributed by atoms with Crippen LogP contribution in [0.4, 0.5) is 4.39 Å². The van der Waals surface area contributed by atoms with Gasteiger partial charge in [-0.25, -0.2) is 4.39 Å². The van der Waals surface area contributed by atoms with Gasteiger partial charge >= 0.3 is 0 Å². The van der Waals surface area contributed by atoms with Crippen LogP contribution in [0.2, 0.25) is 0 Å². The summed E-state index contributed by atoms with van der Waals surface area (Å²) in [5.41, 5.74) is -1.17. The Labute approximate surface area is 119 Å². The van der Waals surface area contributed by atoms with Crippen molar-refractivity contribution in [3.8, 4) is 5.75 Å². The van der Waals surface area contributed by atoms with Gasteiger partial charge in [-0.05, 0) is 31.4 Å². The number of hydrogen-bond donors (Lipinski definition) is 2. The van der Waals surface area contributed by atoms with Gasteiger partial charge in [0.1, 0.15) is 17.1 Å². The van der Waals surface area contributed by atoms with Crippen LogP contribution in [0.3, 0.4) is 0 Å². The van der Waals surface area contributed by atoms with Crippen molar-refractivity contribution in [2.75, 3.05) is 13.7 Å². The molecule has 1 unspecified atom stereocenters. The zero-order valence-corrected chi connectivity index (χ0v) is 12.4. The molecule has 0 aliphatic rings. The molecule has 0 saturated heterocycles. The number of ether oxygens (including phenoxy) is 1. The van der Waals surface area contributed by atoms with E-state index in [1.165, 1.54) is 25.3 Å². The van der Waals surface area contributed by atoms with Crippen molar-refractivity contribution in [3.63, 3.8) is 0 Å². The molecule has 0 aromatic heterocycles. The molecule has 0 heterocycles. The number of amides is 1. The van der Waals surface area contributed by atoms with Gasteiger partial charge in [-0.15, -0.1) is 0 Å². The van der Waals surface area contributed by atoms with E-state index < -0.39 is 17.3 Å². The zero-order chi connectivity index (χ0) is 15.3. The number of nitrogens with one attached hydrogen (secondary N) is 1. The lowest BCUT2D eigenvalue weighted by Gasteiger charge is -2.25. The van der Waals surface area contributed by atoms with E-state index in [0.717, 1.165) is 0 Å². The lowest BCUT2D eigenvalue weighted by molar-refractivity contribution is 0.0367. The summed E-state index contributed by atoms with van der Waals surface area (Å²) in [6, 6.07) is 4.19. The summed E-state index contributed by atoms with van der Waals surface area (Å²) in [5.74, 6) is -0.773. The van der Waals surface area contributed by atoms with E-state index in [-0.39, 0.29) is 17.9 Å². The van der Waals surface area contributed by atoms with Gasteiger partial charge in [-0.3, -0.25) is 4.79 Å². The highest BCUT2D eigenvalue weighted by Crippen LogP contribution is 2.21. The Morgan fingerprint density at radius 2 is 2.15 bits per heavy atom. The summed E-state index contributed by atoms with van der Waals surface area (Å²) in [5, 5.41) is 12.7. The number of halogens is 1. The van der Waals surface area contributed by atoms with Crippen molar-refractivity contribution >= 4 is 5.91 Å². The Balaban J connectivity index is 2.78. The molecule has 112 valence electrons. The van der Waals surface area contributed by atoms with Gasteiger partial charge in [-0.2, -0.15) is 0 Å². The van der Waals surface area contributed by atoms with Crippen molar-refractivity contribution in [2.45, 2.75) is 32.8 Å². The maximum Gasteiger partial charge on any atom is 0.258 e. The Morgan fingerprint density at radius 3 is 2.70 bits per heavy atom. The normalized spacial score (nSPS) is 13.9. The van der Waals surface area contributed by atoms with Crippen molar-refractivity contribution in [3.05, 3.63) is 29.6 Å². The Kier molecular flexibility index (Phi) is 5.51. The summed E-state index contributed by atoms with van der Waals surface area (Å²) >= 11 is 0. The van der Waals surface area contributed by atoms with E-state index in [4.69, 9.17) is 4.74 Å². The number of benzene rings is 1. The molecule has 0 spiro atoms. The molecule has 0 aliphatic heterocycles. The lowest BCUT2D eigenvalue weighted by Crippen LogP contribution is -2.41. The van der Waals surface area contributed by atoms with Crippen LogP contribution in [0.25, 0.3) is 0 Å². The largest absolute Gasteiger partial charge is 0.496 e. The molecule has 1 rings (SSSR count). The zero-order valence-electron chi connectivity index (χ0n) is 12.4. The molecule has 1 amide bonds. The topological polar surface area (TPSA) is 58.6 Å². The molecule has 0 bridgehead atoms. The third-order valence-electron chi connectivity index (χ3n) is 2.90. The molecule has 1 aromatic rings. The quantitative estimate of drug-likeness (QED) is 0.842. The second kappa shape index (κ2) is 6.70. The van der Waals surface area contributed by atoms with Gasteiger partial charge in [0.25, 0.3) is 5.91 Å². The molecule has 0 radical (unpaired) electrons. The van der Waals surface area contributed by atoms with Crippen LogP contribution in [0.15, 0.2) is 18.2 Å². The van der Waals surface area contributed by atoms with Gasteiger partial charge in [0, 0.05) is 6.54 Å². The van der Waals surface area contributed by atoms with Gasteiger partial charge < -0.3 is 15.2 Å². The highest BCUT2D eigenvalue weighted by Gasteiger charge is 2.24. The Morgan fingerprint density at radius 1 is 1.50 bits per heavy atom. The number of carbonyl (C=O) groups excluding carboxylic acids is 1. The molecule has 0 saturated carbocycles. The van der Waals surface area contributed by atoms with Crippen molar-refractivity contribution in [2.24, 2.45) is 5.92 Å². The van der Waals surface area contributed by atoms with Crippen LogP contribution in [0.5, 0.6) is 5.75 Å². The van der Waals surface area contributed by atoms with Crippen LogP contribution < -0.4 is 10.1 Å². The Hall–Kier alpha value is -1.62. The van der Waals surface area contributed by atoms with E-state index in [1.807, 2.05) is 13.8 Å². The number of rotatable bonds is 6. The minimum atomic E-state index is -1.03. The molecule has 4 nitrogen and oxygen atoms in total. The summed E-state index contributed by atoms with van der Waals surface area (Å²) in [6.45, 7) is 5.67. The molecule has 20 heavy (non-hydrogen) atoms. The molecule has 1 aromatic carbocycles. The number of methoxy groups -OCH3 is 1. The fraction of sp³-hybridized carbons (Fsp3) is 0.533. The van der Waals surface area contributed by atoms with E-state index in [1.54, 1.807) is 6.92 Å². The summed E-state index contributed by atoms with van der Waals surface area (Å²) in [7, 11) is 1.38. The first-order chi connectivity index (χ1) is 9.26. The highest BCUT2D eigenvalue weighted by atomic mass is 19.1. The summed E-state index contributed by atoms with van der Waals surface area (Å²) in [6.07, 6.45) is 0.543. The second-order valence-electron chi connectivity index (χ2n) is 5.59. The van der Waals surface area contributed by atoms with E-state index in [2.05, 4.69) is 5.32 Å². The number of carbonyl (C=O) groups is 1. The van der Waals surface area contributed by atoms with Gasteiger partial charge in [0.05, 0.1) is 12.7 Å². The molecule has 0 fully saturated rings. The van der Waals surface area contributed by atoms with Crippen LogP contribution in [0.1, 0.15) is 37.6 Å². The third-order valence-corrected chi connectivity index (χ3v) is 2.90. The van der Waals surface area contributed by atoms with Crippen molar-refractivity contribution in [1.29, 1.82) is 0 Å². The molecule has 5 heteroatoms. The fourth-order valence-electron chi connectivity index (χ4n) is 2.21. The third kappa shape index (κ3) is 4.49. The maximum atomic E-state index is 13.7. The van der Waals surface area contributed by atoms with Gasteiger partial charge in [0.15, 0.2) is 0 Å².